The number of likely N-dealkylation sites (tertiary alicyclic amines) is 1. The van der Waals surface area contributed by atoms with Gasteiger partial charge in [0.05, 0.1) is 29.9 Å². The van der Waals surface area contributed by atoms with Crippen LogP contribution in [0.25, 0.3) is 0 Å². The third kappa shape index (κ3) is 7.96. The van der Waals surface area contributed by atoms with Crippen LogP contribution in [-0.2, 0) is 15.3 Å². The number of thioether (sulfide) groups is 1. The molecule has 35 heavy (non-hydrogen) atoms. The molecule has 3 heterocycles. The van der Waals surface area contributed by atoms with E-state index < -0.39 is 6.04 Å². The number of amides is 1. The average Bonchev–Trinajstić information content (AvgIpc) is 3.37. The van der Waals surface area contributed by atoms with E-state index in [4.69, 9.17) is 26.4 Å². The number of carbonyl (C=O) groups is 2. The summed E-state index contributed by atoms with van der Waals surface area (Å²) in [5, 5.41) is 6.64. The lowest BCUT2D eigenvalue weighted by Gasteiger charge is -2.34. The number of esters is 1. The number of hydrogen-bond acceptors (Lipinski definition) is 7. The fraction of sp³-hybridized carbons (Fsp3) is 0.520. The molecule has 0 bridgehead atoms. The minimum Gasteiger partial charge on any atom is -0.468 e. The van der Waals surface area contributed by atoms with Crippen LogP contribution >= 0.6 is 24.0 Å². The maximum absolute atomic E-state index is 13.0. The molecule has 2 N–H and O–H groups in total. The van der Waals surface area contributed by atoms with Gasteiger partial charge in [-0.15, -0.1) is 0 Å². The molecule has 10 heteroatoms. The molecule has 1 aliphatic rings. The van der Waals surface area contributed by atoms with Crippen LogP contribution in [0.1, 0.15) is 60.1 Å². The second-order valence-corrected chi connectivity index (χ2v) is 9.95. The molecule has 1 fully saturated rings. The molecule has 1 amide bonds. The minimum atomic E-state index is -0.494. The van der Waals surface area contributed by atoms with Gasteiger partial charge < -0.3 is 24.7 Å². The average molecular weight is 519 g/mol. The predicted molar refractivity (Wildman–Crippen MR) is 142 cm³/mol. The first-order chi connectivity index (χ1) is 16.9. The van der Waals surface area contributed by atoms with Crippen molar-refractivity contribution in [3.8, 4) is 0 Å². The van der Waals surface area contributed by atoms with Crippen molar-refractivity contribution in [2.24, 2.45) is 0 Å². The van der Waals surface area contributed by atoms with Crippen molar-refractivity contribution in [2.45, 2.75) is 51.3 Å². The van der Waals surface area contributed by atoms with E-state index in [9.17, 15) is 9.59 Å². The molecule has 0 aliphatic carbocycles. The van der Waals surface area contributed by atoms with Crippen LogP contribution in [-0.4, -0.2) is 64.9 Å². The number of ether oxygens (including phenoxy) is 1. The molecule has 2 aromatic rings. The third-order valence-corrected chi connectivity index (χ3v) is 7.17. The van der Waals surface area contributed by atoms with Gasteiger partial charge in [0.15, 0.2) is 5.11 Å². The first kappa shape index (κ1) is 27.0. The number of rotatable bonds is 10. The summed E-state index contributed by atoms with van der Waals surface area (Å²) in [7, 11) is 0. The molecule has 0 saturated carbocycles. The Hall–Kier alpha value is -2.59. The van der Waals surface area contributed by atoms with E-state index in [0.717, 1.165) is 54.6 Å². The van der Waals surface area contributed by atoms with Gasteiger partial charge in [0.25, 0.3) is 5.91 Å². The van der Waals surface area contributed by atoms with Crippen molar-refractivity contribution >= 4 is 41.0 Å². The van der Waals surface area contributed by atoms with Crippen LogP contribution in [0.15, 0.2) is 34.9 Å². The lowest BCUT2D eigenvalue weighted by Crippen LogP contribution is -2.49. The maximum atomic E-state index is 13.0. The summed E-state index contributed by atoms with van der Waals surface area (Å²) in [6.07, 6.45) is 3.32. The van der Waals surface area contributed by atoms with Gasteiger partial charge >= 0.3 is 5.97 Å². The number of aromatic nitrogens is 1. The minimum absolute atomic E-state index is 0.0889. The second kappa shape index (κ2) is 13.5. The summed E-state index contributed by atoms with van der Waals surface area (Å²) in [5.41, 5.74) is 2.39. The first-order valence-corrected chi connectivity index (χ1v) is 13.5. The van der Waals surface area contributed by atoms with Gasteiger partial charge in [-0.1, -0.05) is 0 Å². The van der Waals surface area contributed by atoms with Crippen LogP contribution in [0.3, 0.4) is 0 Å². The van der Waals surface area contributed by atoms with Crippen LogP contribution in [0.5, 0.6) is 0 Å². The molecular formula is C25H34N4O4S2. The summed E-state index contributed by atoms with van der Waals surface area (Å²) in [4.78, 5) is 31.7. The summed E-state index contributed by atoms with van der Waals surface area (Å²) >= 11 is 7.23. The predicted octanol–water partition coefficient (Wildman–Crippen LogP) is 3.65. The molecule has 8 nitrogen and oxygen atoms in total. The maximum Gasteiger partial charge on any atom is 0.328 e. The highest BCUT2D eigenvalue weighted by atomic mass is 32.2. The lowest BCUT2D eigenvalue weighted by atomic mass is 9.90. The van der Waals surface area contributed by atoms with E-state index >= 15 is 0 Å². The second-order valence-electron chi connectivity index (χ2n) is 8.46. The van der Waals surface area contributed by atoms with E-state index in [1.54, 1.807) is 31.9 Å². The number of hydrogen-bond donors (Lipinski definition) is 2. The van der Waals surface area contributed by atoms with Crippen molar-refractivity contribution < 1.29 is 18.7 Å². The summed E-state index contributed by atoms with van der Waals surface area (Å²) in [6, 6.07) is 7.09. The molecule has 0 spiro atoms. The highest BCUT2D eigenvalue weighted by Crippen LogP contribution is 2.29. The number of nitrogens with one attached hydrogen (secondary N) is 2. The Morgan fingerprint density at radius 2 is 2.09 bits per heavy atom. The molecule has 1 unspecified atom stereocenters. The Balaban J connectivity index is 1.51. The van der Waals surface area contributed by atoms with Gasteiger partial charge in [0.2, 0.25) is 0 Å². The van der Waals surface area contributed by atoms with E-state index in [0.29, 0.717) is 23.8 Å². The van der Waals surface area contributed by atoms with Crippen molar-refractivity contribution in [1.82, 2.24) is 20.5 Å². The Bertz CT molecular complexity index is 991. The van der Waals surface area contributed by atoms with Gasteiger partial charge in [-0.05, 0) is 70.1 Å². The molecule has 3 rings (SSSR count). The summed E-state index contributed by atoms with van der Waals surface area (Å²) in [6.45, 7) is 7.84. The Labute approximate surface area is 216 Å². The van der Waals surface area contributed by atoms with E-state index in [2.05, 4.69) is 15.5 Å². The molecule has 1 atom stereocenters. The van der Waals surface area contributed by atoms with E-state index in [1.165, 1.54) is 0 Å². The number of furan rings is 1. The van der Waals surface area contributed by atoms with Crippen molar-refractivity contribution in [2.75, 3.05) is 32.0 Å². The van der Waals surface area contributed by atoms with Gasteiger partial charge in [-0.25, -0.2) is 4.79 Å². The number of aryl methyl sites for hydroxylation is 1. The summed E-state index contributed by atoms with van der Waals surface area (Å²) < 4.78 is 10.4. The van der Waals surface area contributed by atoms with Crippen LogP contribution < -0.4 is 10.6 Å². The van der Waals surface area contributed by atoms with Gasteiger partial charge in [0.1, 0.15) is 11.8 Å². The SMILES string of the molecule is CCOC(=O)C(C)NC(=S)N1CCC(c2nc(C)ccc2C(=O)NCCSCc2ccco2)CC1. The van der Waals surface area contributed by atoms with E-state index in [-0.39, 0.29) is 17.8 Å². The molecule has 2 aromatic heterocycles. The van der Waals surface area contributed by atoms with Crippen LogP contribution in [0.4, 0.5) is 0 Å². The Kier molecular flexibility index (Phi) is 10.4. The van der Waals surface area contributed by atoms with Crippen molar-refractivity contribution in [1.29, 1.82) is 0 Å². The number of piperidine rings is 1. The highest BCUT2D eigenvalue weighted by molar-refractivity contribution is 7.98. The molecule has 0 radical (unpaired) electrons. The molecular weight excluding hydrogens is 484 g/mol. The normalized spacial score (nSPS) is 14.9. The number of pyridine rings is 1. The molecule has 190 valence electrons. The van der Waals surface area contributed by atoms with Crippen molar-refractivity contribution in [3.63, 3.8) is 0 Å². The summed E-state index contributed by atoms with van der Waals surface area (Å²) in [5.74, 6) is 2.29. The van der Waals surface area contributed by atoms with Crippen LogP contribution in [0.2, 0.25) is 0 Å². The topological polar surface area (TPSA) is 96.7 Å². The quantitative estimate of drug-likeness (QED) is 0.277. The van der Waals surface area contributed by atoms with Crippen molar-refractivity contribution in [3.05, 3.63) is 53.2 Å². The zero-order valence-electron chi connectivity index (χ0n) is 20.5. The largest absolute Gasteiger partial charge is 0.468 e. The lowest BCUT2D eigenvalue weighted by molar-refractivity contribution is -0.144. The number of thiocarbonyl (C=S) groups is 1. The number of carbonyl (C=O) groups excluding carboxylic acids is 2. The Morgan fingerprint density at radius 3 is 2.77 bits per heavy atom. The molecule has 1 aliphatic heterocycles. The monoisotopic (exact) mass is 518 g/mol. The standard InChI is InChI=1S/C25H34N4O4S2/c1-4-32-24(31)18(3)28-25(34)29-12-9-19(10-13-29)22-21(8-7-17(2)27-22)23(30)26-11-15-35-16-20-6-5-14-33-20/h5-8,14,18-19H,4,9-13,15-16H2,1-3H3,(H,26,30)(H,28,34). The molecule has 1 saturated heterocycles. The third-order valence-electron chi connectivity index (χ3n) is 5.81. The highest BCUT2D eigenvalue weighted by Gasteiger charge is 2.28. The fourth-order valence-corrected chi connectivity index (χ4v) is 5.05. The van der Waals surface area contributed by atoms with Crippen LogP contribution in [0, 0.1) is 6.92 Å². The first-order valence-electron chi connectivity index (χ1n) is 12.0. The zero-order chi connectivity index (χ0) is 25.2. The zero-order valence-corrected chi connectivity index (χ0v) is 22.2. The Morgan fingerprint density at radius 1 is 1.31 bits per heavy atom. The fourth-order valence-electron chi connectivity index (χ4n) is 3.94. The van der Waals surface area contributed by atoms with Gasteiger partial charge in [0, 0.05) is 37.0 Å². The molecule has 0 aromatic carbocycles. The van der Waals surface area contributed by atoms with Gasteiger partial charge in [-0.3, -0.25) is 9.78 Å². The van der Waals surface area contributed by atoms with Gasteiger partial charge in [-0.2, -0.15) is 11.8 Å². The van der Waals surface area contributed by atoms with E-state index in [1.807, 2.05) is 31.2 Å². The smallest absolute Gasteiger partial charge is 0.328 e. The number of nitrogens with zero attached hydrogens (tertiary/aromatic N) is 2.